The molecule has 4 heteroatoms. The topological polar surface area (TPSA) is 58.6 Å². The number of hydrogen-bond acceptors (Lipinski definition) is 3. The van der Waals surface area contributed by atoms with Crippen molar-refractivity contribution in [1.82, 2.24) is 5.32 Å². The molecule has 1 aromatic rings. The van der Waals surface area contributed by atoms with Gasteiger partial charge < -0.3 is 15.2 Å². The maximum Gasteiger partial charge on any atom is 0.207 e. The number of aliphatic hydroxyl groups excluding tert-OH is 1. The molecule has 18 heavy (non-hydrogen) atoms. The van der Waals surface area contributed by atoms with Crippen LogP contribution in [-0.2, 0) is 22.4 Å². The van der Waals surface area contributed by atoms with E-state index in [-0.39, 0.29) is 12.3 Å². The van der Waals surface area contributed by atoms with Gasteiger partial charge in [0.2, 0.25) is 6.41 Å². The van der Waals surface area contributed by atoms with Crippen LogP contribution in [0.2, 0.25) is 0 Å². The molecule has 0 aliphatic heterocycles. The molecule has 0 bridgehead atoms. The molecular weight excluding hydrogens is 230 g/mol. The van der Waals surface area contributed by atoms with E-state index in [0.29, 0.717) is 6.61 Å². The number of carbonyl (C=O) groups is 1. The Bertz CT molecular complexity index is 433. The van der Waals surface area contributed by atoms with Gasteiger partial charge in [0, 0.05) is 0 Å². The zero-order valence-corrected chi connectivity index (χ0v) is 10.6. The average molecular weight is 249 g/mol. The van der Waals surface area contributed by atoms with E-state index < -0.39 is 0 Å². The van der Waals surface area contributed by atoms with Gasteiger partial charge in [-0.3, -0.25) is 4.79 Å². The molecule has 4 nitrogen and oxygen atoms in total. The maximum atomic E-state index is 10.8. The molecule has 0 radical (unpaired) electrons. The molecule has 1 amide bonds. The minimum atomic E-state index is -0.384. The molecular formula is C14H19NO3. The normalized spacial score (nSPS) is 22.3. The number of hydrogen-bond donors (Lipinski definition) is 2. The predicted octanol–water partition coefficient (Wildman–Crippen LogP) is 0.935. The van der Waals surface area contributed by atoms with Crippen LogP contribution in [0.5, 0.6) is 0 Å². The summed E-state index contributed by atoms with van der Waals surface area (Å²) in [6.07, 6.45) is 3.24. The minimum absolute atomic E-state index is 0.317. The first-order valence-corrected chi connectivity index (χ1v) is 6.18. The van der Waals surface area contributed by atoms with Crippen LogP contribution in [0.15, 0.2) is 18.2 Å². The molecule has 0 spiro atoms. The van der Waals surface area contributed by atoms with Crippen LogP contribution >= 0.6 is 0 Å². The Morgan fingerprint density at radius 3 is 3.11 bits per heavy atom. The quantitative estimate of drug-likeness (QED) is 0.603. The summed E-state index contributed by atoms with van der Waals surface area (Å²) in [6, 6.07) is 6.25. The van der Waals surface area contributed by atoms with Crippen molar-refractivity contribution in [3.8, 4) is 0 Å². The number of carbonyl (C=O) groups excluding carboxylic acids is 1. The number of nitrogens with one attached hydrogen (secondary N) is 1. The SMILES string of the molecule is Cc1cccc2c1CCC(COCO)(NC=O)C2. The number of ether oxygens (including phenoxy) is 1. The molecule has 0 saturated carbocycles. The number of benzene rings is 1. The summed E-state index contributed by atoms with van der Waals surface area (Å²) in [5, 5.41) is 11.7. The van der Waals surface area contributed by atoms with Gasteiger partial charge in [-0.15, -0.1) is 0 Å². The molecule has 1 aliphatic carbocycles. The monoisotopic (exact) mass is 249 g/mol. The van der Waals surface area contributed by atoms with Crippen LogP contribution in [0.25, 0.3) is 0 Å². The van der Waals surface area contributed by atoms with Crippen LogP contribution in [0.1, 0.15) is 23.1 Å². The fraction of sp³-hybridized carbons (Fsp3) is 0.500. The molecule has 0 aromatic heterocycles. The zero-order chi connectivity index (χ0) is 13.0. The number of rotatable bonds is 5. The van der Waals surface area contributed by atoms with Gasteiger partial charge >= 0.3 is 0 Å². The van der Waals surface area contributed by atoms with Crippen LogP contribution in [0.4, 0.5) is 0 Å². The Kier molecular flexibility index (Phi) is 3.99. The van der Waals surface area contributed by atoms with Crippen LogP contribution < -0.4 is 5.32 Å². The van der Waals surface area contributed by atoms with Gasteiger partial charge in [-0.2, -0.15) is 0 Å². The van der Waals surface area contributed by atoms with E-state index in [0.717, 1.165) is 25.7 Å². The lowest BCUT2D eigenvalue weighted by Crippen LogP contribution is -2.52. The van der Waals surface area contributed by atoms with Gasteiger partial charge in [0.05, 0.1) is 12.1 Å². The Hall–Kier alpha value is -1.39. The van der Waals surface area contributed by atoms with Gasteiger partial charge in [0.25, 0.3) is 0 Å². The van der Waals surface area contributed by atoms with Crippen molar-refractivity contribution in [2.75, 3.05) is 13.4 Å². The van der Waals surface area contributed by atoms with E-state index in [1.807, 2.05) is 6.07 Å². The highest BCUT2D eigenvalue weighted by molar-refractivity contribution is 5.49. The average Bonchev–Trinajstić information content (AvgIpc) is 2.37. The first-order chi connectivity index (χ1) is 8.71. The molecule has 2 N–H and O–H groups in total. The number of amides is 1. The third-order valence-corrected chi connectivity index (χ3v) is 3.72. The van der Waals surface area contributed by atoms with E-state index in [4.69, 9.17) is 9.84 Å². The first kappa shape index (κ1) is 13.1. The fourth-order valence-electron chi connectivity index (χ4n) is 2.76. The summed E-state index contributed by atoms with van der Waals surface area (Å²) in [5.41, 5.74) is 3.56. The molecule has 0 saturated heterocycles. The summed E-state index contributed by atoms with van der Waals surface area (Å²) in [4.78, 5) is 10.8. The Labute approximate surface area is 107 Å². The fourth-order valence-corrected chi connectivity index (χ4v) is 2.76. The molecule has 1 atom stereocenters. The highest BCUT2D eigenvalue weighted by Crippen LogP contribution is 2.30. The molecule has 98 valence electrons. The minimum Gasteiger partial charge on any atom is -0.371 e. The van der Waals surface area contributed by atoms with Crippen molar-refractivity contribution in [3.63, 3.8) is 0 Å². The van der Waals surface area contributed by atoms with Crippen LogP contribution in [0, 0.1) is 6.92 Å². The summed E-state index contributed by atoms with van der Waals surface area (Å²) >= 11 is 0. The highest BCUT2D eigenvalue weighted by atomic mass is 16.6. The van der Waals surface area contributed by atoms with E-state index in [2.05, 4.69) is 24.4 Å². The largest absolute Gasteiger partial charge is 0.371 e. The Morgan fingerprint density at radius 1 is 1.56 bits per heavy atom. The molecule has 2 rings (SSSR count). The third-order valence-electron chi connectivity index (χ3n) is 3.72. The van der Waals surface area contributed by atoms with E-state index in [1.54, 1.807) is 0 Å². The van der Waals surface area contributed by atoms with Crippen molar-refractivity contribution in [3.05, 3.63) is 34.9 Å². The Balaban J connectivity index is 2.23. The third kappa shape index (κ3) is 2.54. The summed E-state index contributed by atoms with van der Waals surface area (Å²) in [5.74, 6) is 0. The lowest BCUT2D eigenvalue weighted by molar-refractivity contribution is -0.113. The molecule has 0 heterocycles. The highest BCUT2D eigenvalue weighted by Gasteiger charge is 2.34. The number of aryl methyl sites for hydroxylation is 1. The first-order valence-electron chi connectivity index (χ1n) is 6.18. The number of aliphatic hydroxyl groups is 1. The van der Waals surface area contributed by atoms with Crippen molar-refractivity contribution < 1.29 is 14.6 Å². The number of fused-ring (bicyclic) bond motifs is 1. The second kappa shape index (κ2) is 5.50. The Morgan fingerprint density at radius 2 is 2.39 bits per heavy atom. The van der Waals surface area contributed by atoms with Gasteiger partial charge in [-0.05, 0) is 42.9 Å². The second-order valence-corrected chi connectivity index (χ2v) is 4.91. The molecule has 1 aliphatic rings. The lowest BCUT2D eigenvalue weighted by atomic mass is 9.77. The van der Waals surface area contributed by atoms with Gasteiger partial charge in [0.1, 0.15) is 6.79 Å². The summed E-state index contributed by atoms with van der Waals surface area (Å²) in [7, 11) is 0. The van der Waals surface area contributed by atoms with Crippen molar-refractivity contribution in [2.45, 2.75) is 31.7 Å². The van der Waals surface area contributed by atoms with Gasteiger partial charge in [0.15, 0.2) is 0 Å². The smallest absolute Gasteiger partial charge is 0.207 e. The van der Waals surface area contributed by atoms with Crippen molar-refractivity contribution >= 4 is 6.41 Å². The van der Waals surface area contributed by atoms with E-state index in [9.17, 15) is 4.79 Å². The second-order valence-electron chi connectivity index (χ2n) is 4.91. The molecule has 1 unspecified atom stereocenters. The van der Waals surface area contributed by atoms with Gasteiger partial charge in [-0.25, -0.2) is 0 Å². The molecule has 1 aromatic carbocycles. The summed E-state index contributed by atoms with van der Waals surface area (Å²) < 4.78 is 5.11. The summed E-state index contributed by atoms with van der Waals surface area (Å²) in [6.45, 7) is 2.14. The lowest BCUT2D eigenvalue weighted by Gasteiger charge is -2.38. The van der Waals surface area contributed by atoms with Crippen LogP contribution in [-0.4, -0.2) is 30.5 Å². The van der Waals surface area contributed by atoms with Crippen LogP contribution in [0.3, 0.4) is 0 Å². The van der Waals surface area contributed by atoms with E-state index >= 15 is 0 Å². The standard InChI is InChI=1S/C14H19NO3/c1-11-3-2-4-12-7-14(15-9-16,8-18-10-17)6-5-13(11)12/h2-4,9,17H,5-8,10H2,1H3,(H,15,16). The molecule has 0 fully saturated rings. The maximum absolute atomic E-state index is 10.8. The zero-order valence-electron chi connectivity index (χ0n) is 10.6. The van der Waals surface area contributed by atoms with Crippen molar-refractivity contribution in [2.24, 2.45) is 0 Å². The van der Waals surface area contributed by atoms with E-state index in [1.165, 1.54) is 16.7 Å². The van der Waals surface area contributed by atoms with Gasteiger partial charge in [-0.1, -0.05) is 18.2 Å². The predicted molar refractivity (Wildman–Crippen MR) is 68.2 cm³/mol. The van der Waals surface area contributed by atoms with Crippen molar-refractivity contribution in [1.29, 1.82) is 0 Å².